The second kappa shape index (κ2) is 7.47. The summed E-state index contributed by atoms with van der Waals surface area (Å²) in [6.45, 7) is 3.99. The summed E-state index contributed by atoms with van der Waals surface area (Å²) in [6, 6.07) is 7.30. The normalized spacial score (nSPS) is 12.1. The molecule has 7 heteroatoms. The zero-order chi connectivity index (χ0) is 15.2. The number of rotatable bonds is 6. The van der Waals surface area contributed by atoms with Crippen LogP contribution in [-0.4, -0.2) is 27.9 Å². The highest BCUT2D eigenvalue weighted by atomic mass is 35.5. The number of amides is 1. The number of benzene rings is 1. The summed E-state index contributed by atoms with van der Waals surface area (Å²) in [5.74, 6) is 0.629. The first-order valence-electron chi connectivity index (χ1n) is 6.60. The maximum absolute atomic E-state index is 11.7. The van der Waals surface area contributed by atoms with Crippen LogP contribution in [0.5, 0.6) is 0 Å². The van der Waals surface area contributed by atoms with Gasteiger partial charge in [-0.2, -0.15) is 0 Å². The fraction of sp³-hybridized carbons (Fsp3) is 0.357. The van der Waals surface area contributed by atoms with Crippen molar-refractivity contribution in [1.29, 1.82) is 0 Å². The van der Waals surface area contributed by atoms with E-state index in [4.69, 9.17) is 16.0 Å². The number of nitrogens with zero attached hydrogens (tertiary/aromatic N) is 2. The number of nitrogens with one attached hydrogen (secondary N) is 1. The van der Waals surface area contributed by atoms with Crippen LogP contribution in [-0.2, 0) is 4.79 Å². The average Bonchev–Trinajstić information content (AvgIpc) is 2.94. The Morgan fingerprint density at radius 2 is 2.10 bits per heavy atom. The van der Waals surface area contributed by atoms with E-state index in [0.717, 1.165) is 12.0 Å². The Morgan fingerprint density at radius 3 is 2.76 bits per heavy atom. The van der Waals surface area contributed by atoms with E-state index in [1.54, 1.807) is 24.3 Å². The van der Waals surface area contributed by atoms with E-state index in [2.05, 4.69) is 15.5 Å². The van der Waals surface area contributed by atoms with Crippen molar-refractivity contribution >= 4 is 29.3 Å². The van der Waals surface area contributed by atoms with Crippen LogP contribution < -0.4 is 5.32 Å². The Morgan fingerprint density at radius 1 is 1.38 bits per heavy atom. The first kappa shape index (κ1) is 15.9. The number of aromatic nitrogens is 2. The van der Waals surface area contributed by atoms with Gasteiger partial charge in [0.15, 0.2) is 0 Å². The van der Waals surface area contributed by atoms with Crippen LogP contribution in [0.25, 0.3) is 11.5 Å². The van der Waals surface area contributed by atoms with E-state index in [-0.39, 0.29) is 17.7 Å². The molecule has 5 nitrogen and oxygen atoms in total. The smallest absolute Gasteiger partial charge is 0.277 e. The topological polar surface area (TPSA) is 68.0 Å². The molecule has 0 spiro atoms. The molecule has 1 aromatic carbocycles. The number of carbonyl (C=O) groups is 1. The van der Waals surface area contributed by atoms with Gasteiger partial charge in [-0.25, -0.2) is 0 Å². The predicted molar refractivity (Wildman–Crippen MR) is 83.4 cm³/mol. The van der Waals surface area contributed by atoms with Gasteiger partial charge >= 0.3 is 0 Å². The minimum absolute atomic E-state index is 0.0411. The van der Waals surface area contributed by atoms with Crippen LogP contribution in [0.2, 0.25) is 5.02 Å². The molecule has 0 fully saturated rings. The lowest BCUT2D eigenvalue weighted by Gasteiger charge is -2.09. The molecule has 2 rings (SSSR count). The molecule has 1 N–H and O–H groups in total. The third-order valence-electron chi connectivity index (χ3n) is 2.84. The summed E-state index contributed by atoms with van der Waals surface area (Å²) in [4.78, 5) is 11.7. The van der Waals surface area contributed by atoms with Crippen LogP contribution >= 0.6 is 23.4 Å². The largest absolute Gasteiger partial charge is 0.411 e. The first-order valence-corrected chi connectivity index (χ1v) is 7.96. The SMILES string of the molecule is CC[C@@H](C)NC(=O)CSc1nnc(-c2ccc(Cl)cc2)o1. The quantitative estimate of drug-likeness (QED) is 0.824. The molecule has 0 saturated carbocycles. The molecule has 0 unspecified atom stereocenters. The number of hydrogen-bond acceptors (Lipinski definition) is 5. The van der Waals surface area contributed by atoms with Gasteiger partial charge in [0.25, 0.3) is 5.22 Å². The molecule has 1 heterocycles. The van der Waals surface area contributed by atoms with Crippen LogP contribution in [0.1, 0.15) is 20.3 Å². The Hall–Kier alpha value is -1.53. The molecule has 0 saturated heterocycles. The predicted octanol–water partition coefficient (Wildman–Crippen LogP) is 3.40. The lowest BCUT2D eigenvalue weighted by molar-refractivity contribution is -0.119. The van der Waals surface area contributed by atoms with Crippen molar-refractivity contribution in [1.82, 2.24) is 15.5 Å². The Balaban J connectivity index is 1.91. The van der Waals surface area contributed by atoms with E-state index >= 15 is 0 Å². The highest BCUT2D eigenvalue weighted by Crippen LogP contribution is 2.24. The summed E-state index contributed by atoms with van der Waals surface area (Å²) in [7, 11) is 0. The van der Waals surface area contributed by atoms with Crippen LogP contribution in [0.3, 0.4) is 0 Å². The van der Waals surface area contributed by atoms with Gasteiger partial charge in [-0.3, -0.25) is 4.79 Å². The Labute approximate surface area is 132 Å². The van der Waals surface area contributed by atoms with Crippen molar-refractivity contribution in [2.75, 3.05) is 5.75 Å². The molecule has 1 amide bonds. The molecule has 21 heavy (non-hydrogen) atoms. The molecule has 0 aliphatic rings. The lowest BCUT2D eigenvalue weighted by Crippen LogP contribution is -2.33. The van der Waals surface area contributed by atoms with E-state index in [1.807, 2.05) is 13.8 Å². The molecule has 1 aromatic heterocycles. The van der Waals surface area contributed by atoms with E-state index in [9.17, 15) is 4.79 Å². The molecule has 1 atom stereocenters. The molecule has 0 radical (unpaired) electrons. The second-order valence-electron chi connectivity index (χ2n) is 4.55. The summed E-state index contributed by atoms with van der Waals surface area (Å²) < 4.78 is 5.51. The number of thioether (sulfide) groups is 1. The summed E-state index contributed by atoms with van der Waals surface area (Å²) in [6.07, 6.45) is 0.900. The fourth-order valence-corrected chi connectivity index (χ4v) is 2.22. The highest BCUT2D eigenvalue weighted by Gasteiger charge is 2.12. The van der Waals surface area contributed by atoms with Crippen molar-refractivity contribution in [2.24, 2.45) is 0 Å². The monoisotopic (exact) mass is 325 g/mol. The van der Waals surface area contributed by atoms with Crippen LogP contribution in [0.4, 0.5) is 0 Å². The van der Waals surface area contributed by atoms with Crippen LogP contribution in [0.15, 0.2) is 33.9 Å². The van der Waals surface area contributed by atoms with Gasteiger partial charge in [0.1, 0.15) is 0 Å². The summed E-state index contributed by atoms with van der Waals surface area (Å²) >= 11 is 7.05. The van der Waals surface area contributed by atoms with Crippen molar-refractivity contribution in [3.63, 3.8) is 0 Å². The van der Waals surface area contributed by atoms with E-state index in [1.165, 1.54) is 11.8 Å². The molecule has 0 bridgehead atoms. The maximum atomic E-state index is 11.7. The second-order valence-corrected chi connectivity index (χ2v) is 5.91. The summed E-state index contributed by atoms with van der Waals surface area (Å²) in [5, 5.41) is 11.8. The molecular weight excluding hydrogens is 310 g/mol. The van der Waals surface area contributed by atoms with E-state index < -0.39 is 0 Å². The van der Waals surface area contributed by atoms with Gasteiger partial charge in [0.2, 0.25) is 11.8 Å². The number of hydrogen-bond donors (Lipinski definition) is 1. The van der Waals surface area contributed by atoms with Gasteiger partial charge in [-0.15, -0.1) is 10.2 Å². The van der Waals surface area contributed by atoms with Gasteiger partial charge in [0, 0.05) is 16.6 Å². The van der Waals surface area contributed by atoms with E-state index in [0.29, 0.717) is 16.1 Å². The molecule has 112 valence electrons. The lowest BCUT2D eigenvalue weighted by atomic mass is 10.2. The number of carbonyl (C=O) groups excluding carboxylic acids is 1. The fourth-order valence-electron chi connectivity index (χ4n) is 1.52. The Kier molecular flexibility index (Phi) is 5.64. The minimum atomic E-state index is -0.0411. The van der Waals surface area contributed by atoms with Crippen molar-refractivity contribution < 1.29 is 9.21 Å². The molecular formula is C14H16ClN3O2S. The molecule has 0 aliphatic heterocycles. The standard InChI is InChI=1S/C14H16ClN3O2S/c1-3-9(2)16-12(19)8-21-14-18-17-13(20-14)10-4-6-11(15)7-5-10/h4-7,9H,3,8H2,1-2H3,(H,16,19)/t9-/m1/s1. The maximum Gasteiger partial charge on any atom is 0.277 e. The zero-order valence-electron chi connectivity index (χ0n) is 11.8. The minimum Gasteiger partial charge on any atom is -0.411 e. The number of halogens is 1. The van der Waals surface area contributed by atoms with Crippen LogP contribution in [0, 0.1) is 0 Å². The third-order valence-corrected chi connectivity index (χ3v) is 3.91. The van der Waals surface area contributed by atoms with Gasteiger partial charge in [-0.05, 0) is 37.6 Å². The van der Waals surface area contributed by atoms with Gasteiger partial charge in [-0.1, -0.05) is 30.3 Å². The summed E-state index contributed by atoms with van der Waals surface area (Å²) in [5.41, 5.74) is 0.794. The molecule has 2 aromatic rings. The van der Waals surface area contributed by atoms with Gasteiger partial charge < -0.3 is 9.73 Å². The average molecular weight is 326 g/mol. The highest BCUT2D eigenvalue weighted by molar-refractivity contribution is 7.99. The first-order chi connectivity index (χ1) is 10.1. The molecule has 0 aliphatic carbocycles. The van der Waals surface area contributed by atoms with Gasteiger partial charge in [0.05, 0.1) is 5.75 Å². The van der Waals surface area contributed by atoms with Crippen molar-refractivity contribution in [2.45, 2.75) is 31.5 Å². The Bertz CT molecular complexity index is 601. The zero-order valence-corrected chi connectivity index (χ0v) is 13.4. The third kappa shape index (κ3) is 4.75. The van der Waals surface area contributed by atoms with Crippen molar-refractivity contribution in [3.8, 4) is 11.5 Å². The van der Waals surface area contributed by atoms with Crippen molar-refractivity contribution in [3.05, 3.63) is 29.3 Å².